The summed E-state index contributed by atoms with van der Waals surface area (Å²) in [4.78, 5) is 26.1. The first-order valence-corrected chi connectivity index (χ1v) is 9.10. The molecule has 1 aromatic carbocycles. The number of likely N-dealkylation sites (tertiary alicyclic amines) is 1. The molecule has 0 aliphatic carbocycles. The molecule has 1 aromatic rings. The van der Waals surface area contributed by atoms with Crippen molar-refractivity contribution >= 4 is 11.8 Å². The number of aromatic hydroxyl groups is 1. The van der Waals surface area contributed by atoms with Crippen molar-refractivity contribution in [3.05, 3.63) is 24.3 Å². The highest BCUT2D eigenvalue weighted by atomic mass is 16.5. The van der Waals surface area contributed by atoms with Gasteiger partial charge in [-0.15, -0.1) is 0 Å². The summed E-state index contributed by atoms with van der Waals surface area (Å²) < 4.78 is 15.7. The molecule has 8 heteroatoms. The van der Waals surface area contributed by atoms with Crippen LogP contribution < -0.4 is 10.1 Å². The van der Waals surface area contributed by atoms with Crippen LogP contribution in [-0.2, 0) is 19.1 Å². The highest BCUT2D eigenvalue weighted by Gasteiger charge is 2.25. The Morgan fingerprint density at radius 2 is 1.89 bits per heavy atom. The Hall–Kier alpha value is -2.32. The number of piperidine rings is 1. The van der Waals surface area contributed by atoms with Gasteiger partial charge in [-0.3, -0.25) is 9.59 Å². The molecule has 1 heterocycles. The number of carbonyl (C=O) groups excluding carboxylic acids is 2. The van der Waals surface area contributed by atoms with Crippen molar-refractivity contribution in [2.45, 2.75) is 31.9 Å². The second-order valence-electron chi connectivity index (χ2n) is 6.46. The first-order valence-electron chi connectivity index (χ1n) is 9.10. The van der Waals surface area contributed by atoms with E-state index in [4.69, 9.17) is 14.2 Å². The van der Waals surface area contributed by atoms with Gasteiger partial charge in [-0.1, -0.05) is 0 Å². The molecule has 2 rings (SSSR count). The average Bonchev–Trinajstić information content (AvgIpc) is 2.67. The van der Waals surface area contributed by atoms with E-state index in [9.17, 15) is 14.7 Å². The van der Waals surface area contributed by atoms with Crippen LogP contribution in [0.3, 0.4) is 0 Å². The topological polar surface area (TPSA) is 97.3 Å². The summed E-state index contributed by atoms with van der Waals surface area (Å²) in [5.41, 5.74) is 0. The fourth-order valence-corrected chi connectivity index (χ4v) is 2.77. The van der Waals surface area contributed by atoms with Crippen LogP contribution in [0.15, 0.2) is 24.3 Å². The average molecular weight is 380 g/mol. The van der Waals surface area contributed by atoms with Crippen LogP contribution in [0.4, 0.5) is 0 Å². The SMILES string of the molecule is COCCOCC(=O)N1CCC(NC(=O)C(C)Oc2ccc(O)cc2)CC1. The maximum atomic E-state index is 12.3. The van der Waals surface area contributed by atoms with Crippen molar-refractivity contribution in [1.29, 1.82) is 0 Å². The molecular weight excluding hydrogens is 352 g/mol. The Morgan fingerprint density at radius 3 is 2.52 bits per heavy atom. The van der Waals surface area contributed by atoms with Gasteiger partial charge in [0.05, 0.1) is 13.2 Å². The number of phenolic OH excluding ortho intramolecular Hbond substituents is 1. The van der Waals surface area contributed by atoms with Gasteiger partial charge in [0, 0.05) is 26.2 Å². The van der Waals surface area contributed by atoms with Gasteiger partial charge in [0.15, 0.2) is 6.10 Å². The van der Waals surface area contributed by atoms with Crippen LogP contribution in [0, 0.1) is 0 Å². The maximum Gasteiger partial charge on any atom is 0.260 e. The standard InChI is InChI=1S/C19H28N2O6/c1-14(27-17-5-3-16(22)4-6-17)19(24)20-15-7-9-21(10-8-15)18(23)13-26-12-11-25-2/h3-6,14-15,22H,7-13H2,1-2H3,(H,20,24). The minimum Gasteiger partial charge on any atom is -0.508 e. The smallest absolute Gasteiger partial charge is 0.260 e. The highest BCUT2D eigenvalue weighted by Crippen LogP contribution is 2.17. The van der Waals surface area contributed by atoms with Crippen LogP contribution in [0.1, 0.15) is 19.8 Å². The number of rotatable bonds is 9. The zero-order valence-electron chi connectivity index (χ0n) is 15.8. The predicted molar refractivity (Wildman–Crippen MR) is 98.6 cm³/mol. The lowest BCUT2D eigenvalue weighted by Gasteiger charge is -2.32. The molecule has 1 fully saturated rings. The zero-order chi connectivity index (χ0) is 19.6. The summed E-state index contributed by atoms with van der Waals surface area (Å²) in [6.07, 6.45) is 0.742. The van der Waals surface area contributed by atoms with Gasteiger partial charge in [0.25, 0.3) is 5.91 Å². The van der Waals surface area contributed by atoms with Crippen LogP contribution >= 0.6 is 0 Å². The Labute approximate surface area is 159 Å². The van der Waals surface area contributed by atoms with Gasteiger partial charge < -0.3 is 29.5 Å². The Kier molecular flexibility index (Phi) is 8.35. The van der Waals surface area contributed by atoms with Crippen molar-refractivity contribution in [3.8, 4) is 11.5 Å². The van der Waals surface area contributed by atoms with E-state index in [0.717, 1.165) is 0 Å². The van der Waals surface area contributed by atoms with Crippen molar-refractivity contribution in [1.82, 2.24) is 10.2 Å². The van der Waals surface area contributed by atoms with Gasteiger partial charge in [-0.05, 0) is 44.0 Å². The van der Waals surface area contributed by atoms with E-state index in [0.29, 0.717) is 44.9 Å². The number of ether oxygens (including phenoxy) is 3. The molecule has 0 radical (unpaired) electrons. The van der Waals surface area contributed by atoms with E-state index in [1.54, 1.807) is 31.1 Å². The Morgan fingerprint density at radius 1 is 1.22 bits per heavy atom. The monoisotopic (exact) mass is 380 g/mol. The fraction of sp³-hybridized carbons (Fsp3) is 0.579. The number of hydrogen-bond acceptors (Lipinski definition) is 6. The van der Waals surface area contributed by atoms with Crippen LogP contribution in [-0.4, -0.2) is 74.0 Å². The van der Waals surface area contributed by atoms with E-state index < -0.39 is 6.10 Å². The molecule has 150 valence electrons. The van der Waals surface area contributed by atoms with Crippen molar-refractivity contribution < 1.29 is 28.9 Å². The number of nitrogens with zero attached hydrogens (tertiary/aromatic N) is 1. The third-order valence-corrected chi connectivity index (χ3v) is 4.37. The molecule has 2 N–H and O–H groups in total. The maximum absolute atomic E-state index is 12.3. The molecule has 2 amide bonds. The second-order valence-corrected chi connectivity index (χ2v) is 6.46. The molecule has 0 spiro atoms. The van der Waals surface area contributed by atoms with E-state index >= 15 is 0 Å². The largest absolute Gasteiger partial charge is 0.508 e. The molecule has 1 aliphatic heterocycles. The van der Waals surface area contributed by atoms with Gasteiger partial charge in [-0.2, -0.15) is 0 Å². The van der Waals surface area contributed by atoms with Crippen LogP contribution in [0.25, 0.3) is 0 Å². The number of nitrogens with one attached hydrogen (secondary N) is 1. The summed E-state index contributed by atoms with van der Waals surface area (Å²) in [7, 11) is 1.58. The molecule has 27 heavy (non-hydrogen) atoms. The Balaban J connectivity index is 1.69. The second kappa shape index (κ2) is 10.7. The lowest BCUT2D eigenvalue weighted by molar-refractivity contribution is -0.137. The first kappa shape index (κ1) is 21.0. The van der Waals surface area contributed by atoms with Gasteiger partial charge >= 0.3 is 0 Å². The number of phenols is 1. The third-order valence-electron chi connectivity index (χ3n) is 4.37. The van der Waals surface area contributed by atoms with E-state index in [2.05, 4.69) is 5.32 Å². The van der Waals surface area contributed by atoms with E-state index in [1.165, 1.54) is 12.1 Å². The van der Waals surface area contributed by atoms with E-state index in [-0.39, 0.29) is 30.2 Å². The summed E-state index contributed by atoms with van der Waals surface area (Å²) in [6.45, 7) is 3.77. The molecule has 0 bridgehead atoms. The molecular formula is C19H28N2O6. The predicted octanol–water partition coefficient (Wildman–Crippen LogP) is 0.930. The lowest BCUT2D eigenvalue weighted by Crippen LogP contribution is -2.49. The zero-order valence-corrected chi connectivity index (χ0v) is 15.8. The van der Waals surface area contributed by atoms with Crippen LogP contribution in [0.2, 0.25) is 0 Å². The number of benzene rings is 1. The number of carbonyl (C=O) groups is 2. The molecule has 1 atom stereocenters. The molecule has 1 unspecified atom stereocenters. The van der Waals surface area contributed by atoms with Gasteiger partial charge in [0.1, 0.15) is 18.1 Å². The third kappa shape index (κ3) is 7.07. The number of amides is 2. The van der Waals surface area contributed by atoms with Crippen molar-refractivity contribution in [2.24, 2.45) is 0 Å². The molecule has 8 nitrogen and oxygen atoms in total. The van der Waals surface area contributed by atoms with Crippen LogP contribution in [0.5, 0.6) is 11.5 Å². The first-order chi connectivity index (χ1) is 13.0. The van der Waals surface area contributed by atoms with Crippen molar-refractivity contribution in [3.63, 3.8) is 0 Å². The quantitative estimate of drug-likeness (QED) is 0.619. The summed E-state index contributed by atoms with van der Waals surface area (Å²) in [5, 5.41) is 12.2. The fourth-order valence-electron chi connectivity index (χ4n) is 2.77. The van der Waals surface area contributed by atoms with Gasteiger partial charge in [-0.25, -0.2) is 0 Å². The highest BCUT2D eigenvalue weighted by molar-refractivity contribution is 5.81. The molecule has 0 aromatic heterocycles. The molecule has 1 aliphatic rings. The lowest BCUT2D eigenvalue weighted by atomic mass is 10.0. The normalized spacial score (nSPS) is 16.0. The van der Waals surface area contributed by atoms with E-state index in [1.807, 2.05) is 0 Å². The van der Waals surface area contributed by atoms with Gasteiger partial charge in [0.2, 0.25) is 5.91 Å². The number of hydrogen-bond donors (Lipinski definition) is 2. The summed E-state index contributed by atoms with van der Waals surface area (Å²) in [6, 6.07) is 6.24. The minimum atomic E-state index is -0.650. The molecule has 1 saturated heterocycles. The summed E-state index contributed by atoms with van der Waals surface area (Å²) in [5.74, 6) is 0.421. The summed E-state index contributed by atoms with van der Waals surface area (Å²) >= 11 is 0. The Bertz CT molecular complexity index is 599. The number of methoxy groups -OCH3 is 1. The minimum absolute atomic E-state index is 0.0156. The van der Waals surface area contributed by atoms with Crippen molar-refractivity contribution in [2.75, 3.05) is 40.0 Å². The molecule has 0 saturated carbocycles.